The molecule has 5 heteroatoms. The molecule has 98 valence electrons. The quantitative estimate of drug-likeness (QED) is 0.582. The average molecular weight is 248 g/mol. The van der Waals surface area contributed by atoms with Crippen LogP contribution in [0.4, 0.5) is 5.95 Å². The fraction of sp³-hybridized carbons (Fsp3) is 0.615. The van der Waals surface area contributed by atoms with Crippen molar-refractivity contribution in [2.24, 2.45) is 5.73 Å². The van der Waals surface area contributed by atoms with E-state index in [2.05, 4.69) is 19.9 Å². The van der Waals surface area contributed by atoms with Gasteiger partial charge in [-0.2, -0.15) is 0 Å². The Labute approximate surface area is 108 Å². The van der Waals surface area contributed by atoms with Gasteiger partial charge in [0, 0.05) is 11.4 Å². The number of anilines is 1. The number of guanidine groups is 1. The monoisotopic (exact) mass is 248 g/mol. The maximum absolute atomic E-state index is 6.10. The van der Waals surface area contributed by atoms with Crippen LogP contribution in [0.5, 0.6) is 0 Å². The van der Waals surface area contributed by atoms with Gasteiger partial charge in [0.25, 0.3) is 5.95 Å². The molecule has 2 rings (SSSR count). The zero-order valence-corrected chi connectivity index (χ0v) is 11.2. The summed E-state index contributed by atoms with van der Waals surface area (Å²) in [6, 6.07) is 1.95. The standard InChI is InChI=1S/C13H21N5/c1-10-9-11(2)16-13(15-10)17-12(14)18-7-5-3-4-6-8-18/h9H,3-8H2,1-2H3,(H2,14,15,16,17)/p+1. The van der Waals surface area contributed by atoms with Crippen LogP contribution >= 0.6 is 0 Å². The Morgan fingerprint density at radius 2 is 1.67 bits per heavy atom. The molecule has 5 nitrogen and oxygen atoms in total. The van der Waals surface area contributed by atoms with Crippen LogP contribution in [-0.2, 0) is 0 Å². The summed E-state index contributed by atoms with van der Waals surface area (Å²) in [4.78, 5) is 8.69. The molecular formula is C13H22N5+. The summed E-state index contributed by atoms with van der Waals surface area (Å²) in [5, 5.41) is 3.12. The lowest BCUT2D eigenvalue weighted by molar-refractivity contribution is -0.526. The van der Waals surface area contributed by atoms with Crippen LogP contribution in [0.2, 0.25) is 0 Å². The first-order chi connectivity index (χ1) is 8.65. The molecule has 1 aromatic rings. The molecule has 0 spiro atoms. The lowest BCUT2D eigenvalue weighted by Crippen LogP contribution is -2.36. The topological polar surface area (TPSA) is 66.8 Å². The first-order valence-corrected chi connectivity index (χ1v) is 6.62. The second-order valence-electron chi connectivity index (χ2n) is 4.89. The molecule has 1 aromatic heterocycles. The fourth-order valence-electron chi connectivity index (χ4n) is 2.29. The highest BCUT2D eigenvalue weighted by Crippen LogP contribution is 2.07. The molecule has 0 amide bonds. The Morgan fingerprint density at radius 3 is 2.22 bits per heavy atom. The van der Waals surface area contributed by atoms with Crippen molar-refractivity contribution in [3.8, 4) is 0 Å². The maximum Gasteiger partial charge on any atom is 0.350 e. The second-order valence-corrected chi connectivity index (χ2v) is 4.89. The lowest BCUT2D eigenvalue weighted by Gasteiger charge is -2.08. The van der Waals surface area contributed by atoms with Crippen LogP contribution in [0.3, 0.4) is 0 Å². The van der Waals surface area contributed by atoms with E-state index in [1.165, 1.54) is 25.7 Å². The summed E-state index contributed by atoms with van der Waals surface area (Å²) in [6.45, 7) is 5.96. The van der Waals surface area contributed by atoms with Crippen LogP contribution in [0.1, 0.15) is 37.1 Å². The van der Waals surface area contributed by atoms with Crippen molar-refractivity contribution in [1.82, 2.24) is 9.97 Å². The molecule has 1 saturated heterocycles. The van der Waals surface area contributed by atoms with E-state index in [0.717, 1.165) is 24.5 Å². The summed E-state index contributed by atoms with van der Waals surface area (Å²) >= 11 is 0. The zero-order chi connectivity index (χ0) is 13.0. The summed E-state index contributed by atoms with van der Waals surface area (Å²) < 4.78 is 2.19. The Morgan fingerprint density at radius 1 is 1.11 bits per heavy atom. The van der Waals surface area contributed by atoms with Crippen molar-refractivity contribution in [3.63, 3.8) is 0 Å². The Hall–Kier alpha value is -1.65. The molecule has 0 aliphatic carbocycles. The molecule has 0 saturated carbocycles. The van der Waals surface area contributed by atoms with Gasteiger partial charge in [0.2, 0.25) is 0 Å². The first kappa shape index (κ1) is 12.8. The van der Waals surface area contributed by atoms with Gasteiger partial charge in [0.1, 0.15) is 0 Å². The van der Waals surface area contributed by atoms with Gasteiger partial charge in [-0.05, 0) is 32.8 Å². The Kier molecular flexibility index (Phi) is 4.12. The van der Waals surface area contributed by atoms with Gasteiger partial charge >= 0.3 is 5.96 Å². The molecule has 0 unspecified atom stereocenters. The van der Waals surface area contributed by atoms with Crippen LogP contribution in [-0.4, -0.2) is 33.6 Å². The van der Waals surface area contributed by atoms with Gasteiger partial charge in [-0.15, -0.1) is 0 Å². The summed E-state index contributed by atoms with van der Waals surface area (Å²) in [6.07, 6.45) is 5.00. The van der Waals surface area contributed by atoms with Gasteiger partial charge in [0.15, 0.2) is 0 Å². The molecule has 0 bridgehead atoms. The number of nitrogens with zero attached hydrogens (tertiary/aromatic N) is 3. The first-order valence-electron chi connectivity index (χ1n) is 6.62. The normalized spacial score (nSPS) is 16.2. The molecule has 1 aliphatic heterocycles. The molecule has 18 heavy (non-hydrogen) atoms. The minimum atomic E-state index is 0.592. The highest BCUT2D eigenvalue weighted by molar-refractivity contribution is 5.86. The number of nitrogens with two attached hydrogens (primary N) is 1. The third-order valence-corrected chi connectivity index (χ3v) is 3.17. The number of nitrogens with one attached hydrogen (secondary N) is 1. The molecular weight excluding hydrogens is 226 g/mol. The summed E-state index contributed by atoms with van der Waals surface area (Å²) in [7, 11) is 0. The zero-order valence-electron chi connectivity index (χ0n) is 11.2. The molecule has 1 fully saturated rings. The van der Waals surface area contributed by atoms with E-state index >= 15 is 0 Å². The smallest absolute Gasteiger partial charge is 0.290 e. The van der Waals surface area contributed by atoms with Gasteiger partial charge < -0.3 is 0 Å². The number of hydrogen-bond acceptors (Lipinski definition) is 2. The number of aromatic nitrogens is 2. The molecule has 1 aliphatic rings. The van der Waals surface area contributed by atoms with E-state index in [0.29, 0.717) is 11.9 Å². The van der Waals surface area contributed by atoms with Crippen molar-refractivity contribution in [2.75, 3.05) is 18.4 Å². The largest absolute Gasteiger partial charge is 0.350 e. The third kappa shape index (κ3) is 3.42. The van der Waals surface area contributed by atoms with Crippen LogP contribution in [0.25, 0.3) is 0 Å². The molecule has 0 atom stereocenters. The van der Waals surface area contributed by atoms with Crippen LogP contribution in [0, 0.1) is 13.8 Å². The third-order valence-electron chi connectivity index (χ3n) is 3.17. The Balaban J connectivity index is 2.13. The van der Waals surface area contributed by atoms with Crippen molar-refractivity contribution in [3.05, 3.63) is 17.5 Å². The van der Waals surface area contributed by atoms with E-state index < -0.39 is 0 Å². The van der Waals surface area contributed by atoms with Gasteiger partial charge in [-0.3, -0.25) is 10.3 Å². The predicted octanol–water partition coefficient (Wildman–Crippen LogP) is 1.41. The van der Waals surface area contributed by atoms with E-state index in [1.807, 2.05) is 19.9 Å². The number of rotatable bonds is 1. The van der Waals surface area contributed by atoms with Crippen molar-refractivity contribution < 1.29 is 4.58 Å². The van der Waals surface area contributed by atoms with E-state index in [1.54, 1.807) is 0 Å². The fourth-order valence-corrected chi connectivity index (χ4v) is 2.29. The van der Waals surface area contributed by atoms with Crippen molar-refractivity contribution >= 4 is 11.9 Å². The summed E-state index contributed by atoms with van der Waals surface area (Å²) in [5.74, 6) is 1.26. The lowest BCUT2D eigenvalue weighted by atomic mass is 10.2. The van der Waals surface area contributed by atoms with E-state index in [-0.39, 0.29) is 0 Å². The summed E-state index contributed by atoms with van der Waals surface area (Å²) in [5.41, 5.74) is 8.01. The average Bonchev–Trinajstić information content (AvgIpc) is 2.55. The minimum Gasteiger partial charge on any atom is -0.290 e. The molecule has 0 radical (unpaired) electrons. The SMILES string of the molecule is Cc1cc(C)nc(NC(N)=[N+]2CCCCCC2)n1. The van der Waals surface area contributed by atoms with E-state index in [4.69, 9.17) is 5.73 Å². The number of hydrogen-bond donors (Lipinski definition) is 2. The maximum atomic E-state index is 6.10. The molecule has 0 aromatic carbocycles. The van der Waals surface area contributed by atoms with Gasteiger partial charge in [-0.1, -0.05) is 12.8 Å². The predicted molar refractivity (Wildman–Crippen MR) is 72.8 cm³/mol. The van der Waals surface area contributed by atoms with Crippen LogP contribution < -0.4 is 11.1 Å². The van der Waals surface area contributed by atoms with Crippen molar-refractivity contribution in [1.29, 1.82) is 0 Å². The van der Waals surface area contributed by atoms with Crippen LogP contribution in [0.15, 0.2) is 6.07 Å². The Bertz CT molecular complexity index is 422. The van der Waals surface area contributed by atoms with E-state index in [9.17, 15) is 0 Å². The number of aryl methyl sites for hydroxylation is 2. The minimum absolute atomic E-state index is 0.592. The second kappa shape index (κ2) is 5.80. The molecule has 2 heterocycles. The van der Waals surface area contributed by atoms with Gasteiger partial charge in [-0.25, -0.2) is 15.3 Å². The highest BCUT2D eigenvalue weighted by Gasteiger charge is 2.13. The van der Waals surface area contributed by atoms with Gasteiger partial charge in [0.05, 0.1) is 13.1 Å². The van der Waals surface area contributed by atoms with Crippen molar-refractivity contribution in [2.45, 2.75) is 39.5 Å². The molecule has 3 N–H and O–H groups in total. The highest BCUT2D eigenvalue weighted by atomic mass is 15.2.